The molecule has 0 spiro atoms. The number of hydrogen-bond acceptors (Lipinski definition) is 2. The third kappa shape index (κ3) is 3.73. The molecule has 3 rings (SSSR count). The van der Waals surface area contributed by atoms with Gasteiger partial charge in [-0.2, -0.15) is 0 Å². The minimum absolute atomic E-state index is 0.165. The molecule has 144 valence electrons. The Hall–Kier alpha value is -1.92. The number of carbonyl (C=O) groups is 1. The lowest BCUT2D eigenvalue weighted by molar-refractivity contribution is -0.274. The molecule has 0 N–H and O–H groups in total. The van der Waals surface area contributed by atoms with Crippen LogP contribution in [0.1, 0.15) is 39.9 Å². The van der Waals surface area contributed by atoms with Crippen molar-refractivity contribution in [3.05, 3.63) is 56.6 Å². The fraction of sp³-hybridized carbons (Fsp3) is 0.316. The van der Waals surface area contributed by atoms with Crippen LogP contribution in [0.25, 0.3) is 0 Å². The molecule has 1 aliphatic rings. The highest BCUT2D eigenvalue weighted by atomic mass is 35.5. The van der Waals surface area contributed by atoms with Gasteiger partial charge in [-0.1, -0.05) is 36.2 Å². The zero-order valence-electron chi connectivity index (χ0n) is 14.7. The lowest BCUT2D eigenvalue weighted by Crippen LogP contribution is -2.30. The number of carbonyl (C=O) groups excluding carboxylic acids is 1. The molecule has 0 aromatic heterocycles. The number of alkyl halides is 3. The first-order valence-corrected chi connectivity index (χ1v) is 8.92. The van der Waals surface area contributed by atoms with E-state index in [4.69, 9.17) is 23.2 Å². The molecule has 1 heterocycles. The van der Waals surface area contributed by atoms with Gasteiger partial charge in [0.05, 0.1) is 21.3 Å². The minimum atomic E-state index is -4.78. The van der Waals surface area contributed by atoms with Crippen molar-refractivity contribution in [3.8, 4) is 5.75 Å². The Labute approximate surface area is 164 Å². The molecule has 3 nitrogen and oxygen atoms in total. The van der Waals surface area contributed by atoms with Crippen LogP contribution in [0.5, 0.6) is 5.75 Å². The number of aryl methyl sites for hydroxylation is 2. The summed E-state index contributed by atoms with van der Waals surface area (Å²) >= 11 is 12.5. The lowest BCUT2D eigenvalue weighted by Gasteiger charge is -2.22. The van der Waals surface area contributed by atoms with Crippen LogP contribution in [0.4, 0.5) is 18.9 Å². The van der Waals surface area contributed by atoms with Gasteiger partial charge in [0.25, 0.3) is 5.91 Å². The Morgan fingerprint density at radius 3 is 2.48 bits per heavy atom. The highest BCUT2D eigenvalue weighted by Crippen LogP contribution is 2.43. The van der Waals surface area contributed by atoms with E-state index in [1.165, 1.54) is 17.0 Å². The Bertz CT molecular complexity index is 928. The molecule has 1 atom stereocenters. The van der Waals surface area contributed by atoms with Gasteiger partial charge in [0.2, 0.25) is 0 Å². The van der Waals surface area contributed by atoms with Crippen LogP contribution in [0.2, 0.25) is 10.0 Å². The molecule has 1 aliphatic heterocycles. The molecule has 1 amide bonds. The molecular weight excluding hydrogens is 402 g/mol. The Morgan fingerprint density at radius 2 is 1.85 bits per heavy atom. The topological polar surface area (TPSA) is 29.5 Å². The van der Waals surface area contributed by atoms with Gasteiger partial charge < -0.3 is 9.64 Å². The quantitative estimate of drug-likeness (QED) is 0.575. The van der Waals surface area contributed by atoms with Crippen LogP contribution in [0, 0.1) is 13.8 Å². The smallest absolute Gasteiger partial charge is 0.406 e. The van der Waals surface area contributed by atoms with Gasteiger partial charge in [-0.05, 0) is 48.7 Å². The van der Waals surface area contributed by atoms with Crippen molar-refractivity contribution >= 4 is 34.8 Å². The van der Waals surface area contributed by atoms with E-state index < -0.39 is 6.36 Å². The number of halogens is 5. The third-order valence-electron chi connectivity index (χ3n) is 4.54. The maximum atomic E-state index is 13.2. The average Bonchev–Trinajstić information content (AvgIpc) is 2.87. The van der Waals surface area contributed by atoms with E-state index in [0.29, 0.717) is 28.9 Å². The van der Waals surface area contributed by atoms with Crippen molar-refractivity contribution < 1.29 is 22.7 Å². The number of nitrogens with zero attached hydrogens (tertiary/aromatic N) is 1. The fourth-order valence-corrected chi connectivity index (χ4v) is 3.88. The summed E-state index contributed by atoms with van der Waals surface area (Å²) in [4.78, 5) is 14.7. The SMILES string of the molecule is Cc1ccc(Cl)c(C(=O)N2CC(C)c3cc(OC(F)(F)F)cc(C)c32)c1Cl. The van der Waals surface area contributed by atoms with Crippen molar-refractivity contribution in [2.24, 2.45) is 0 Å². The van der Waals surface area contributed by atoms with Crippen molar-refractivity contribution in [1.29, 1.82) is 0 Å². The molecule has 27 heavy (non-hydrogen) atoms. The van der Waals surface area contributed by atoms with Crippen LogP contribution in [-0.2, 0) is 0 Å². The zero-order valence-corrected chi connectivity index (χ0v) is 16.3. The average molecular weight is 418 g/mol. The number of rotatable bonds is 2. The summed E-state index contributed by atoms with van der Waals surface area (Å²) < 4.78 is 41.7. The number of fused-ring (bicyclic) bond motifs is 1. The van der Waals surface area contributed by atoms with Gasteiger partial charge in [0.1, 0.15) is 5.75 Å². The Balaban J connectivity index is 2.06. The van der Waals surface area contributed by atoms with Crippen molar-refractivity contribution in [2.75, 3.05) is 11.4 Å². The van der Waals surface area contributed by atoms with Crippen molar-refractivity contribution in [2.45, 2.75) is 33.1 Å². The summed E-state index contributed by atoms with van der Waals surface area (Å²) in [5.41, 5.74) is 2.58. The first kappa shape index (κ1) is 19.8. The normalized spacial score (nSPS) is 16.4. The second-order valence-electron chi connectivity index (χ2n) is 6.60. The van der Waals surface area contributed by atoms with E-state index in [0.717, 1.165) is 0 Å². The highest BCUT2D eigenvalue weighted by Gasteiger charge is 2.36. The first-order chi connectivity index (χ1) is 12.5. The van der Waals surface area contributed by atoms with Crippen LogP contribution < -0.4 is 9.64 Å². The molecule has 8 heteroatoms. The maximum absolute atomic E-state index is 13.2. The lowest BCUT2D eigenvalue weighted by atomic mass is 10.0. The number of anilines is 1. The highest BCUT2D eigenvalue weighted by molar-refractivity contribution is 6.41. The standard InChI is InChI=1S/C19H16Cl2F3NO2/c1-9-4-5-14(20)15(16(9)21)18(26)25-8-11(3)13-7-12(27-19(22,23)24)6-10(2)17(13)25/h4-7,11H,8H2,1-3H3. The molecule has 0 bridgehead atoms. The van der Waals surface area contributed by atoms with Gasteiger partial charge in [-0.25, -0.2) is 0 Å². The first-order valence-electron chi connectivity index (χ1n) is 8.16. The van der Waals surface area contributed by atoms with Crippen LogP contribution in [0.3, 0.4) is 0 Å². The molecule has 0 fully saturated rings. The Kier molecular flexibility index (Phi) is 5.08. The number of benzene rings is 2. The molecule has 1 unspecified atom stereocenters. The van der Waals surface area contributed by atoms with E-state index in [2.05, 4.69) is 4.74 Å². The van der Waals surface area contributed by atoms with E-state index in [9.17, 15) is 18.0 Å². The largest absolute Gasteiger partial charge is 0.573 e. The minimum Gasteiger partial charge on any atom is -0.406 e. The summed E-state index contributed by atoms with van der Waals surface area (Å²) in [6, 6.07) is 5.91. The maximum Gasteiger partial charge on any atom is 0.573 e. The molecule has 2 aromatic carbocycles. The summed E-state index contributed by atoms with van der Waals surface area (Å²) in [6.45, 7) is 5.55. The number of amides is 1. The predicted octanol–water partition coefficient (Wildman–Crippen LogP) is 6.27. The van der Waals surface area contributed by atoms with Crippen molar-refractivity contribution in [3.63, 3.8) is 0 Å². The molecule has 0 aliphatic carbocycles. The third-order valence-corrected chi connectivity index (χ3v) is 5.34. The number of ether oxygens (including phenoxy) is 1. The van der Waals surface area contributed by atoms with Crippen LogP contribution in [0.15, 0.2) is 24.3 Å². The van der Waals surface area contributed by atoms with Crippen LogP contribution >= 0.6 is 23.2 Å². The molecule has 0 saturated carbocycles. The monoisotopic (exact) mass is 417 g/mol. The molecule has 0 radical (unpaired) electrons. The summed E-state index contributed by atoms with van der Waals surface area (Å²) in [5.74, 6) is -0.847. The summed E-state index contributed by atoms with van der Waals surface area (Å²) in [7, 11) is 0. The summed E-state index contributed by atoms with van der Waals surface area (Å²) in [5, 5.41) is 0.495. The Morgan fingerprint density at radius 1 is 1.19 bits per heavy atom. The van der Waals surface area contributed by atoms with Crippen LogP contribution in [-0.4, -0.2) is 18.8 Å². The number of hydrogen-bond donors (Lipinski definition) is 0. The molecular formula is C19H16Cl2F3NO2. The van der Waals surface area contributed by atoms with E-state index in [-0.39, 0.29) is 33.2 Å². The predicted molar refractivity (Wildman–Crippen MR) is 99.2 cm³/mol. The van der Waals surface area contributed by atoms with E-state index in [1.54, 1.807) is 26.0 Å². The van der Waals surface area contributed by atoms with Gasteiger partial charge in [0.15, 0.2) is 0 Å². The van der Waals surface area contributed by atoms with Gasteiger partial charge in [-0.15, -0.1) is 13.2 Å². The van der Waals surface area contributed by atoms with E-state index in [1.807, 2.05) is 6.92 Å². The van der Waals surface area contributed by atoms with E-state index >= 15 is 0 Å². The van der Waals surface area contributed by atoms with Gasteiger partial charge in [-0.3, -0.25) is 4.79 Å². The zero-order chi connectivity index (χ0) is 20.1. The second kappa shape index (κ2) is 6.91. The van der Waals surface area contributed by atoms with Crippen molar-refractivity contribution in [1.82, 2.24) is 0 Å². The summed E-state index contributed by atoms with van der Waals surface area (Å²) in [6.07, 6.45) is -4.78. The second-order valence-corrected chi connectivity index (χ2v) is 7.38. The van der Waals surface area contributed by atoms with Gasteiger partial charge >= 0.3 is 6.36 Å². The van der Waals surface area contributed by atoms with Gasteiger partial charge in [0, 0.05) is 12.5 Å². The molecule has 2 aromatic rings. The molecule has 0 saturated heterocycles. The fourth-order valence-electron chi connectivity index (χ4n) is 3.35.